The van der Waals surface area contributed by atoms with Crippen LogP contribution in [0.1, 0.15) is 13.3 Å². The van der Waals surface area contributed by atoms with E-state index in [0.29, 0.717) is 13.0 Å². The van der Waals surface area contributed by atoms with Crippen molar-refractivity contribution in [2.45, 2.75) is 19.4 Å². The van der Waals surface area contributed by atoms with Crippen LogP contribution >= 0.6 is 0 Å². The minimum Gasteiger partial charge on any atom is -0.384 e. The second-order valence-electron chi connectivity index (χ2n) is 2.16. The van der Waals surface area contributed by atoms with Crippen LogP contribution in [0.4, 0.5) is 0 Å². The van der Waals surface area contributed by atoms with Crippen molar-refractivity contribution >= 4 is 5.91 Å². The van der Waals surface area contributed by atoms with Crippen LogP contribution in [-0.4, -0.2) is 25.7 Å². The van der Waals surface area contributed by atoms with Crippen molar-refractivity contribution in [1.82, 2.24) is 5.32 Å². The van der Waals surface area contributed by atoms with Gasteiger partial charge in [0.05, 0.1) is 12.7 Å². The lowest BCUT2D eigenvalue weighted by molar-refractivity contribution is -0.122. The Morgan fingerprint density at radius 3 is 2.91 bits per heavy atom. The Hall–Kier alpha value is -1.08. The van der Waals surface area contributed by atoms with E-state index in [1.807, 2.05) is 6.07 Å². The van der Waals surface area contributed by atoms with Gasteiger partial charge in [0.1, 0.15) is 6.04 Å². The molecule has 0 aliphatic carbocycles. The van der Waals surface area contributed by atoms with Crippen LogP contribution in [0.15, 0.2) is 0 Å². The molecule has 4 nitrogen and oxygen atoms in total. The minimum atomic E-state index is -0.417. The molecule has 1 amide bonds. The fraction of sp³-hybridized carbons (Fsp3) is 0.714. The number of methoxy groups -OCH3 is 1. The van der Waals surface area contributed by atoms with Gasteiger partial charge in [0.25, 0.3) is 0 Å². The summed E-state index contributed by atoms with van der Waals surface area (Å²) < 4.78 is 4.68. The summed E-state index contributed by atoms with van der Waals surface area (Å²) in [6.07, 6.45) is 0.308. The van der Waals surface area contributed by atoms with Crippen molar-refractivity contribution in [2.24, 2.45) is 0 Å². The number of amides is 1. The Morgan fingerprint density at radius 2 is 2.45 bits per heavy atom. The van der Waals surface area contributed by atoms with Crippen LogP contribution in [0, 0.1) is 11.3 Å². The molecule has 0 saturated carbocycles. The third-order valence-electron chi connectivity index (χ3n) is 1.10. The van der Waals surface area contributed by atoms with Crippen LogP contribution in [-0.2, 0) is 9.53 Å². The lowest BCUT2D eigenvalue weighted by Crippen LogP contribution is -2.31. The molecule has 0 aliphatic rings. The number of hydrogen-bond acceptors (Lipinski definition) is 3. The second-order valence-corrected chi connectivity index (χ2v) is 2.16. The van der Waals surface area contributed by atoms with Crippen molar-refractivity contribution in [1.29, 1.82) is 5.26 Å². The predicted octanol–water partition coefficient (Wildman–Crippen LogP) is 0.0512. The smallest absolute Gasteiger partial charge is 0.223 e. The average Bonchev–Trinajstić information content (AvgIpc) is 2.00. The van der Waals surface area contributed by atoms with Crippen LogP contribution < -0.4 is 5.32 Å². The van der Waals surface area contributed by atoms with Gasteiger partial charge in [0, 0.05) is 13.5 Å². The molecule has 0 heterocycles. The summed E-state index contributed by atoms with van der Waals surface area (Å²) in [4.78, 5) is 10.8. The highest BCUT2D eigenvalue weighted by atomic mass is 16.5. The number of nitrogens with zero attached hydrogens (tertiary/aromatic N) is 1. The Labute approximate surface area is 66.1 Å². The summed E-state index contributed by atoms with van der Waals surface area (Å²) in [6.45, 7) is 2.02. The summed E-state index contributed by atoms with van der Waals surface area (Å²) >= 11 is 0. The molecule has 62 valence electrons. The topological polar surface area (TPSA) is 62.1 Å². The van der Waals surface area contributed by atoms with Crippen LogP contribution in [0.2, 0.25) is 0 Å². The number of rotatable bonds is 4. The van der Waals surface area contributed by atoms with E-state index in [9.17, 15) is 4.79 Å². The van der Waals surface area contributed by atoms with E-state index in [1.54, 1.807) is 6.92 Å². The second kappa shape index (κ2) is 5.69. The van der Waals surface area contributed by atoms with E-state index < -0.39 is 6.04 Å². The summed E-state index contributed by atoms with van der Waals surface area (Å²) in [7, 11) is 1.53. The number of carbonyl (C=O) groups excluding carboxylic acids is 1. The van der Waals surface area contributed by atoms with Gasteiger partial charge < -0.3 is 10.1 Å². The molecule has 1 atom stereocenters. The first-order chi connectivity index (χ1) is 5.20. The van der Waals surface area contributed by atoms with Gasteiger partial charge in [-0.25, -0.2) is 0 Å². The number of ether oxygens (including phenoxy) is 1. The van der Waals surface area contributed by atoms with Crippen molar-refractivity contribution in [3.8, 4) is 6.07 Å². The third-order valence-corrected chi connectivity index (χ3v) is 1.10. The van der Waals surface area contributed by atoms with Gasteiger partial charge in [0.15, 0.2) is 0 Å². The van der Waals surface area contributed by atoms with Crippen LogP contribution in [0.5, 0.6) is 0 Å². The standard InChI is InChI=1S/C7H12N2O2/c1-6(5-8)9-7(10)3-4-11-2/h6H,3-4H2,1-2H3,(H,9,10). The van der Waals surface area contributed by atoms with Crippen LogP contribution in [0.3, 0.4) is 0 Å². The number of carbonyl (C=O) groups is 1. The maximum atomic E-state index is 10.8. The van der Waals surface area contributed by atoms with E-state index in [2.05, 4.69) is 10.1 Å². The molecule has 0 rings (SSSR count). The maximum absolute atomic E-state index is 10.8. The quantitative estimate of drug-likeness (QED) is 0.625. The first kappa shape index (κ1) is 9.92. The Balaban J connectivity index is 3.46. The molecule has 0 aromatic carbocycles. The Kier molecular flexibility index (Phi) is 5.13. The molecule has 0 saturated heterocycles. The van der Waals surface area contributed by atoms with E-state index in [4.69, 9.17) is 5.26 Å². The first-order valence-corrected chi connectivity index (χ1v) is 3.38. The summed E-state index contributed by atoms with van der Waals surface area (Å²) in [5.74, 6) is -0.152. The van der Waals surface area contributed by atoms with Crippen molar-refractivity contribution in [3.63, 3.8) is 0 Å². The highest BCUT2D eigenvalue weighted by molar-refractivity contribution is 5.76. The fourth-order valence-electron chi connectivity index (χ4n) is 0.541. The minimum absolute atomic E-state index is 0.152. The molecule has 0 fully saturated rings. The molecule has 0 aliphatic heterocycles. The van der Waals surface area contributed by atoms with Gasteiger partial charge in [0.2, 0.25) is 5.91 Å². The van der Waals surface area contributed by atoms with E-state index >= 15 is 0 Å². The number of hydrogen-bond donors (Lipinski definition) is 1. The summed E-state index contributed by atoms with van der Waals surface area (Å²) in [5, 5.41) is 10.8. The molecular weight excluding hydrogens is 144 g/mol. The zero-order valence-corrected chi connectivity index (χ0v) is 6.76. The largest absolute Gasteiger partial charge is 0.384 e. The fourth-order valence-corrected chi connectivity index (χ4v) is 0.541. The SMILES string of the molecule is COCCC(=O)NC(C)C#N. The normalized spacial score (nSPS) is 11.7. The monoisotopic (exact) mass is 156 g/mol. The molecule has 1 unspecified atom stereocenters. The van der Waals surface area contributed by atoms with Crippen molar-refractivity contribution < 1.29 is 9.53 Å². The maximum Gasteiger partial charge on any atom is 0.223 e. The summed E-state index contributed by atoms with van der Waals surface area (Å²) in [6, 6.07) is 1.48. The van der Waals surface area contributed by atoms with Gasteiger partial charge in [-0.1, -0.05) is 0 Å². The molecule has 0 aromatic heterocycles. The van der Waals surface area contributed by atoms with Gasteiger partial charge in [-0.15, -0.1) is 0 Å². The van der Waals surface area contributed by atoms with Gasteiger partial charge >= 0.3 is 0 Å². The van der Waals surface area contributed by atoms with E-state index in [-0.39, 0.29) is 5.91 Å². The third kappa shape index (κ3) is 5.37. The highest BCUT2D eigenvalue weighted by Gasteiger charge is 2.04. The predicted molar refractivity (Wildman–Crippen MR) is 39.7 cm³/mol. The van der Waals surface area contributed by atoms with Gasteiger partial charge in [-0.2, -0.15) is 5.26 Å². The molecule has 0 radical (unpaired) electrons. The molecule has 11 heavy (non-hydrogen) atoms. The zero-order valence-electron chi connectivity index (χ0n) is 6.76. The Bertz CT molecular complexity index is 162. The molecule has 0 aromatic rings. The first-order valence-electron chi connectivity index (χ1n) is 3.38. The lowest BCUT2D eigenvalue weighted by Gasteiger charge is -2.04. The molecule has 4 heteroatoms. The summed E-state index contributed by atoms with van der Waals surface area (Å²) in [5.41, 5.74) is 0. The van der Waals surface area contributed by atoms with Gasteiger partial charge in [-0.3, -0.25) is 4.79 Å². The van der Waals surface area contributed by atoms with E-state index in [1.165, 1.54) is 7.11 Å². The molecular formula is C7H12N2O2. The number of nitrogens with one attached hydrogen (secondary N) is 1. The number of nitriles is 1. The molecule has 1 N–H and O–H groups in total. The van der Waals surface area contributed by atoms with Crippen molar-refractivity contribution in [2.75, 3.05) is 13.7 Å². The van der Waals surface area contributed by atoms with Crippen LogP contribution in [0.25, 0.3) is 0 Å². The Morgan fingerprint density at radius 1 is 1.82 bits per heavy atom. The van der Waals surface area contributed by atoms with E-state index in [0.717, 1.165) is 0 Å². The highest BCUT2D eigenvalue weighted by Crippen LogP contribution is 1.83. The average molecular weight is 156 g/mol. The molecule has 0 bridgehead atoms. The zero-order chi connectivity index (χ0) is 8.69. The molecule has 0 spiro atoms. The van der Waals surface area contributed by atoms with Crippen molar-refractivity contribution in [3.05, 3.63) is 0 Å². The van der Waals surface area contributed by atoms with Gasteiger partial charge in [-0.05, 0) is 6.92 Å². The lowest BCUT2D eigenvalue weighted by atomic mass is 10.3.